The minimum absolute atomic E-state index is 0.0204. The van der Waals surface area contributed by atoms with E-state index in [9.17, 15) is 13.2 Å². The molecule has 0 aliphatic heterocycles. The molecule has 0 fully saturated rings. The molecule has 1 heterocycles. The van der Waals surface area contributed by atoms with Gasteiger partial charge in [-0.3, -0.25) is 4.72 Å². The zero-order valence-electron chi connectivity index (χ0n) is 14.3. The summed E-state index contributed by atoms with van der Waals surface area (Å²) in [4.78, 5) is 11.6. The molecule has 25 heavy (non-hydrogen) atoms. The van der Waals surface area contributed by atoms with E-state index < -0.39 is 16.0 Å². The topological polar surface area (TPSA) is 93.7 Å². The molecule has 1 aromatic heterocycles. The molecule has 2 rings (SSSR count). The minimum Gasteiger partial charge on any atom is -0.494 e. The van der Waals surface area contributed by atoms with Crippen molar-refractivity contribution in [1.82, 2.24) is 0 Å². The molecule has 0 spiro atoms. The first-order valence-corrected chi connectivity index (χ1v) is 9.78. The lowest BCUT2D eigenvalue weighted by Gasteiger charge is -2.15. The number of ether oxygens (including phenoxy) is 2. The molecule has 0 amide bonds. The summed E-state index contributed by atoms with van der Waals surface area (Å²) in [7, 11) is -1.31. The molecule has 7 nitrogen and oxygen atoms in total. The Hall–Kier alpha value is -2.26. The van der Waals surface area contributed by atoms with Gasteiger partial charge in [0.05, 0.1) is 19.9 Å². The highest BCUT2D eigenvalue weighted by molar-refractivity contribution is 7.93. The van der Waals surface area contributed by atoms with Crippen LogP contribution in [0.1, 0.15) is 23.5 Å². The molecule has 1 aromatic carbocycles. The van der Waals surface area contributed by atoms with E-state index >= 15 is 0 Å². The molecule has 9 heteroatoms. The van der Waals surface area contributed by atoms with Crippen LogP contribution in [0.25, 0.3) is 0 Å². The number of thiophene rings is 1. The number of carbonyl (C=O) groups excluding carboxylic acids is 1. The summed E-state index contributed by atoms with van der Waals surface area (Å²) < 4.78 is 37.7. The predicted octanol–water partition coefficient (Wildman–Crippen LogP) is 3.16. The molecule has 0 aliphatic rings. The molecule has 0 aliphatic carbocycles. The number of benzene rings is 1. The van der Waals surface area contributed by atoms with Crippen molar-refractivity contribution in [1.29, 1.82) is 0 Å². The van der Waals surface area contributed by atoms with Gasteiger partial charge >= 0.3 is 5.97 Å². The monoisotopic (exact) mass is 384 g/mol. The van der Waals surface area contributed by atoms with E-state index in [1.165, 1.54) is 25.7 Å². The van der Waals surface area contributed by atoms with Gasteiger partial charge in [-0.05, 0) is 37.4 Å². The van der Waals surface area contributed by atoms with E-state index in [4.69, 9.17) is 4.74 Å². The van der Waals surface area contributed by atoms with E-state index in [0.29, 0.717) is 5.75 Å². The van der Waals surface area contributed by atoms with Gasteiger partial charge in [0.1, 0.15) is 15.5 Å². The average Bonchev–Trinajstić information content (AvgIpc) is 3.05. The van der Waals surface area contributed by atoms with Crippen LogP contribution < -0.4 is 14.8 Å². The van der Waals surface area contributed by atoms with E-state index in [1.54, 1.807) is 18.2 Å². The molecule has 0 atom stereocenters. The Labute approximate surface area is 151 Å². The smallest absolute Gasteiger partial charge is 0.349 e. The van der Waals surface area contributed by atoms with Gasteiger partial charge in [0, 0.05) is 17.8 Å². The normalized spacial score (nSPS) is 11.2. The maximum atomic E-state index is 12.7. The standard InChI is InChI=1S/C16H20N2O5S2/c1-10(2)17-11-5-6-12(13(9-11)22-3)18-25(20,21)14-7-8-24-15(14)16(19)23-4/h5-10,17-18H,1-4H3. The fourth-order valence-electron chi connectivity index (χ4n) is 2.15. The van der Waals surface area contributed by atoms with Gasteiger partial charge in [-0.2, -0.15) is 0 Å². The number of hydrogen-bond acceptors (Lipinski definition) is 7. The Morgan fingerprint density at radius 3 is 2.52 bits per heavy atom. The van der Waals surface area contributed by atoms with Crippen LogP contribution >= 0.6 is 11.3 Å². The van der Waals surface area contributed by atoms with Gasteiger partial charge in [0.2, 0.25) is 0 Å². The van der Waals surface area contributed by atoms with Crippen LogP contribution in [0.4, 0.5) is 11.4 Å². The second-order valence-corrected chi connectivity index (χ2v) is 7.99. The quantitative estimate of drug-likeness (QED) is 0.712. The molecule has 2 N–H and O–H groups in total. The second-order valence-electron chi connectivity index (χ2n) is 5.43. The molecule has 0 unspecified atom stereocenters. The van der Waals surface area contributed by atoms with Crippen LogP contribution in [0.15, 0.2) is 34.5 Å². The van der Waals surface area contributed by atoms with Crippen LogP contribution in [-0.2, 0) is 14.8 Å². The van der Waals surface area contributed by atoms with Crippen LogP contribution in [-0.4, -0.2) is 34.6 Å². The third-order valence-electron chi connectivity index (χ3n) is 3.19. The lowest BCUT2D eigenvalue weighted by Crippen LogP contribution is -2.16. The molecular formula is C16H20N2O5S2. The highest BCUT2D eigenvalue weighted by atomic mass is 32.2. The number of anilines is 2. The van der Waals surface area contributed by atoms with Crippen LogP contribution in [0.5, 0.6) is 5.75 Å². The summed E-state index contributed by atoms with van der Waals surface area (Å²) >= 11 is 1.00. The van der Waals surface area contributed by atoms with Crippen LogP contribution in [0.2, 0.25) is 0 Å². The van der Waals surface area contributed by atoms with Gasteiger partial charge in [-0.15, -0.1) is 11.3 Å². The lowest BCUT2D eigenvalue weighted by molar-refractivity contribution is 0.0602. The summed E-state index contributed by atoms with van der Waals surface area (Å²) in [5.74, 6) is -0.331. The van der Waals surface area contributed by atoms with Gasteiger partial charge in [0.25, 0.3) is 10.0 Å². The Balaban J connectivity index is 2.35. The molecule has 0 saturated carbocycles. The number of carbonyl (C=O) groups is 1. The largest absolute Gasteiger partial charge is 0.494 e. The summed E-state index contributed by atoms with van der Waals surface area (Å²) in [6, 6.07) is 6.63. The molecule has 136 valence electrons. The first-order chi connectivity index (χ1) is 11.8. The van der Waals surface area contributed by atoms with Gasteiger partial charge in [-0.25, -0.2) is 13.2 Å². The van der Waals surface area contributed by atoms with Crippen molar-refractivity contribution in [2.45, 2.75) is 24.8 Å². The summed E-state index contributed by atoms with van der Waals surface area (Å²) in [5.41, 5.74) is 1.08. The molecule has 0 radical (unpaired) electrons. The minimum atomic E-state index is -3.97. The Bertz CT molecular complexity index is 859. The van der Waals surface area contributed by atoms with E-state index in [0.717, 1.165) is 17.0 Å². The molecule has 2 aromatic rings. The van der Waals surface area contributed by atoms with Crippen molar-refractivity contribution in [3.8, 4) is 5.75 Å². The number of rotatable bonds is 7. The molecule has 0 bridgehead atoms. The number of nitrogens with one attached hydrogen (secondary N) is 2. The predicted molar refractivity (Wildman–Crippen MR) is 98.2 cm³/mol. The average molecular weight is 384 g/mol. The third-order valence-corrected chi connectivity index (χ3v) is 5.62. The highest BCUT2D eigenvalue weighted by Gasteiger charge is 2.25. The fourth-order valence-corrected chi connectivity index (χ4v) is 4.56. The SMILES string of the molecule is COC(=O)c1sccc1S(=O)(=O)Nc1ccc(NC(C)C)cc1OC. The Kier molecular flexibility index (Phi) is 5.91. The van der Waals surface area contributed by atoms with E-state index in [-0.39, 0.29) is 21.5 Å². The van der Waals surface area contributed by atoms with Crippen LogP contribution in [0.3, 0.4) is 0 Å². The first kappa shape index (κ1) is 19.1. The number of methoxy groups -OCH3 is 2. The summed E-state index contributed by atoms with van der Waals surface area (Å²) in [6.07, 6.45) is 0. The number of hydrogen-bond donors (Lipinski definition) is 2. The van der Waals surface area contributed by atoms with Crippen LogP contribution in [0, 0.1) is 0 Å². The van der Waals surface area contributed by atoms with Crippen molar-refractivity contribution >= 4 is 38.7 Å². The van der Waals surface area contributed by atoms with E-state index in [2.05, 4.69) is 14.8 Å². The van der Waals surface area contributed by atoms with Gasteiger partial charge in [0.15, 0.2) is 0 Å². The van der Waals surface area contributed by atoms with Crippen molar-refractivity contribution in [3.63, 3.8) is 0 Å². The molecular weight excluding hydrogens is 364 g/mol. The van der Waals surface area contributed by atoms with Crippen molar-refractivity contribution < 1.29 is 22.7 Å². The Morgan fingerprint density at radius 2 is 1.92 bits per heavy atom. The maximum absolute atomic E-state index is 12.7. The maximum Gasteiger partial charge on any atom is 0.349 e. The van der Waals surface area contributed by atoms with Gasteiger partial charge < -0.3 is 14.8 Å². The third kappa shape index (κ3) is 4.43. The van der Waals surface area contributed by atoms with Crippen molar-refractivity contribution in [2.75, 3.05) is 24.3 Å². The summed E-state index contributed by atoms with van der Waals surface area (Å²) in [6.45, 7) is 3.99. The van der Waals surface area contributed by atoms with E-state index in [1.807, 2.05) is 13.8 Å². The zero-order chi connectivity index (χ0) is 18.6. The van der Waals surface area contributed by atoms with Gasteiger partial charge in [-0.1, -0.05) is 0 Å². The number of esters is 1. The lowest BCUT2D eigenvalue weighted by atomic mass is 10.2. The second kappa shape index (κ2) is 7.75. The van der Waals surface area contributed by atoms with Crippen molar-refractivity contribution in [2.24, 2.45) is 0 Å². The molecule has 0 saturated heterocycles. The summed E-state index contributed by atoms with van der Waals surface area (Å²) in [5, 5.41) is 4.73. The van der Waals surface area contributed by atoms with Crippen molar-refractivity contribution in [3.05, 3.63) is 34.5 Å². The number of sulfonamides is 1. The highest BCUT2D eigenvalue weighted by Crippen LogP contribution is 2.32. The Morgan fingerprint density at radius 1 is 1.20 bits per heavy atom. The fraction of sp³-hybridized carbons (Fsp3) is 0.312. The zero-order valence-corrected chi connectivity index (χ0v) is 16.0. The first-order valence-electron chi connectivity index (χ1n) is 7.41.